The molecule has 0 atom stereocenters. The van der Waals surface area contributed by atoms with Gasteiger partial charge in [0, 0.05) is 13.1 Å². The summed E-state index contributed by atoms with van der Waals surface area (Å²) in [6.45, 7) is 8.82. The topological polar surface area (TPSA) is 78.9 Å². The highest BCUT2D eigenvalue weighted by Gasteiger charge is 2.19. The van der Waals surface area contributed by atoms with E-state index in [2.05, 4.69) is 10.2 Å². The second kappa shape index (κ2) is 8.98. The summed E-state index contributed by atoms with van der Waals surface area (Å²) in [6.07, 6.45) is 4.17. The van der Waals surface area contributed by atoms with Crippen molar-refractivity contribution < 1.29 is 19.4 Å². The highest BCUT2D eigenvalue weighted by molar-refractivity contribution is 5.67. The average Bonchev–Trinajstić information content (AvgIpc) is 2.40. The standard InChI is InChI=1S/C16H30N2O4/c1-16(2,3)22-15(21)17-9-4-5-13-6-10-18(11-7-13)12-8-14(19)20/h13H,4-12H2,1-3H3,(H,17,21)(H,19,20). The second-order valence-corrected chi connectivity index (χ2v) is 7.00. The van der Waals surface area contributed by atoms with Crippen LogP contribution in [-0.4, -0.2) is 53.8 Å². The fourth-order valence-electron chi connectivity index (χ4n) is 2.65. The zero-order valence-electron chi connectivity index (χ0n) is 14.1. The molecular weight excluding hydrogens is 284 g/mol. The zero-order chi connectivity index (χ0) is 16.6. The number of amides is 1. The molecule has 0 unspecified atom stereocenters. The van der Waals surface area contributed by atoms with E-state index in [1.165, 1.54) is 0 Å². The lowest BCUT2D eigenvalue weighted by molar-refractivity contribution is -0.137. The lowest BCUT2D eigenvalue weighted by atomic mass is 9.92. The van der Waals surface area contributed by atoms with Crippen LogP contribution in [0.4, 0.5) is 4.79 Å². The Morgan fingerprint density at radius 3 is 2.45 bits per heavy atom. The normalized spacial score (nSPS) is 17.2. The van der Waals surface area contributed by atoms with E-state index < -0.39 is 11.6 Å². The summed E-state index contributed by atoms with van der Waals surface area (Å²) < 4.78 is 5.19. The Morgan fingerprint density at radius 1 is 1.27 bits per heavy atom. The van der Waals surface area contributed by atoms with Crippen molar-refractivity contribution in [3.63, 3.8) is 0 Å². The first-order valence-electron chi connectivity index (χ1n) is 8.17. The minimum absolute atomic E-state index is 0.227. The molecule has 0 saturated carbocycles. The largest absolute Gasteiger partial charge is 0.481 e. The fourth-order valence-corrected chi connectivity index (χ4v) is 2.65. The van der Waals surface area contributed by atoms with Gasteiger partial charge in [-0.05, 0) is 65.5 Å². The third-order valence-electron chi connectivity index (χ3n) is 3.81. The predicted octanol–water partition coefficient (Wildman–Crippen LogP) is 2.48. The third-order valence-corrected chi connectivity index (χ3v) is 3.81. The first kappa shape index (κ1) is 18.7. The van der Waals surface area contributed by atoms with E-state index in [0.717, 1.165) is 38.8 Å². The minimum Gasteiger partial charge on any atom is -0.481 e. The molecular formula is C16H30N2O4. The average molecular weight is 314 g/mol. The van der Waals surface area contributed by atoms with Gasteiger partial charge in [-0.2, -0.15) is 0 Å². The number of nitrogens with one attached hydrogen (secondary N) is 1. The van der Waals surface area contributed by atoms with Crippen LogP contribution in [0.25, 0.3) is 0 Å². The predicted molar refractivity (Wildman–Crippen MR) is 84.9 cm³/mol. The Balaban J connectivity index is 2.05. The molecule has 1 aliphatic rings. The summed E-state index contributed by atoms with van der Waals surface area (Å²) in [5.41, 5.74) is -0.452. The molecule has 1 fully saturated rings. The van der Waals surface area contributed by atoms with E-state index in [4.69, 9.17) is 9.84 Å². The number of piperidine rings is 1. The second-order valence-electron chi connectivity index (χ2n) is 7.00. The van der Waals surface area contributed by atoms with Crippen molar-refractivity contribution in [2.24, 2.45) is 5.92 Å². The quantitative estimate of drug-likeness (QED) is 0.706. The van der Waals surface area contributed by atoms with Gasteiger partial charge in [0.15, 0.2) is 0 Å². The summed E-state index contributed by atoms with van der Waals surface area (Å²) >= 11 is 0. The van der Waals surface area contributed by atoms with E-state index in [1.807, 2.05) is 20.8 Å². The summed E-state index contributed by atoms with van der Waals surface area (Å²) in [6, 6.07) is 0. The molecule has 0 spiro atoms. The van der Waals surface area contributed by atoms with Crippen molar-refractivity contribution in [3.05, 3.63) is 0 Å². The molecule has 0 aromatic rings. The molecule has 1 heterocycles. The van der Waals surface area contributed by atoms with Crippen LogP contribution in [0.1, 0.15) is 52.9 Å². The van der Waals surface area contributed by atoms with Gasteiger partial charge in [0.2, 0.25) is 0 Å². The van der Waals surface area contributed by atoms with Crippen molar-refractivity contribution >= 4 is 12.1 Å². The van der Waals surface area contributed by atoms with Crippen LogP contribution in [0.3, 0.4) is 0 Å². The zero-order valence-corrected chi connectivity index (χ0v) is 14.1. The molecule has 0 aromatic carbocycles. The maximum absolute atomic E-state index is 11.5. The van der Waals surface area contributed by atoms with Crippen molar-refractivity contribution in [1.82, 2.24) is 10.2 Å². The van der Waals surface area contributed by atoms with Crippen LogP contribution in [0, 0.1) is 5.92 Å². The van der Waals surface area contributed by atoms with Gasteiger partial charge in [-0.3, -0.25) is 4.79 Å². The highest BCUT2D eigenvalue weighted by atomic mass is 16.6. The van der Waals surface area contributed by atoms with Gasteiger partial charge in [-0.1, -0.05) is 0 Å². The summed E-state index contributed by atoms with van der Waals surface area (Å²) in [4.78, 5) is 24.3. The summed E-state index contributed by atoms with van der Waals surface area (Å²) in [5, 5.41) is 11.5. The molecule has 6 nitrogen and oxygen atoms in total. The SMILES string of the molecule is CC(C)(C)OC(=O)NCCCC1CCN(CCC(=O)O)CC1. The van der Waals surface area contributed by atoms with Gasteiger partial charge >= 0.3 is 12.1 Å². The molecule has 0 radical (unpaired) electrons. The molecule has 1 amide bonds. The van der Waals surface area contributed by atoms with Crippen LogP contribution >= 0.6 is 0 Å². The molecule has 1 rings (SSSR count). The van der Waals surface area contributed by atoms with Crippen molar-refractivity contribution in [3.8, 4) is 0 Å². The Bertz CT molecular complexity index is 358. The molecule has 6 heteroatoms. The minimum atomic E-state index is -0.727. The number of alkyl carbamates (subject to hydrolysis) is 1. The van der Waals surface area contributed by atoms with Gasteiger partial charge in [0.1, 0.15) is 5.60 Å². The number of hydrogen-bond acceptors (Lipinski definition) is 4. The van der Waals surface area contributed by atoms with Gasteiger partial charge in [-0.15, -0.1) is 0 Å². The number of carboxylic acids is 1. The van der Waals surface area contributed by atoms with Crippen LogP contribution in [0.5, 0.6) is 0 Å². The lowest BCUT2D eigenvalue weighted by Gasteiger charge is -2.31. The third kappa shape index (κ3) is 8.87. The Labute approximate surface area is 133 Å². The van der Waals surface area contributed by atoms with Crippen molar-refractivity contribution in [2.45, 2.75) is 58.5 Å². The number of aliphatic carboxylic acids is 1. The summed E-state index contributed by atoms with van der Waals surface area (Å²) in [5.74, 6) is -0.0446. The molecule has 2 N–H and O–H groups in total. The van der Waals surface area contributed by atoms with Gasteiger partial charge in [0.05, 0.1) is 6.42 Å². The molecule has 128 valence electrons. The first-order chi connectivity index (χ1) is 10.3. The molecule has 0 aliphatic carbocycles. The monoisotopic (exact) mass is 314 g/mol. The first-order valence-corrected chi connectivity index (χ1v) is 8.17. The number of rotatable bonds is 7. The van der Waals surface area contributed by atoms with E-state index in [0.29, 0.717) is 19.0 Å². The smallest absolute Gasteiger partial charge is 0.407 e. The van der Waals surface area contributed by atoms with Crippen molar-refractivity contribution in [1.29, 1.82) is 0 Å². The van der Waals surface area contributed by atoms with E-state index in [1.54, 1.807) is 0 Å². The molecule has 22 heavy (non-hydrogen) atoms. The van der Waals surface area contributed by atoms with E-state index in [9.17, 15) is 9.59 Å². The maximum atomic E-state index is 11.5. The fraction of sp³-hybridized carbons (Fsp3) is 0.875. The van der Waals surface area contributed by atoms with Crippen LogP contribution in [0.15, 0.2) is 0 Å². The van der Waals surface area contributed by atoms with Crippen LogP contribution in [-0.2, 0) is 9.53 Å². The molecule has 0 bridgehead atoms. The van der Waals surface area contributed by atoms with E-state index >= 15 is 0 Å². The summed E-state index contributed by atoms with van der Waals surface area (Å²) in [7, 11) is 0. The number of nitrogens with zero attached hydrogens (tertiary/aromatic N) is 1. The number of carbonyl (C=O) groups excluding carboxylic acids is 1. The van der Waals surface area contributed by atoms with Gasteiger partial charge < -0.3 is 20.1 Å². The van der Waals surface area contributed by atoms with Crippen molar-refractivity contribution in [2.75, 3.05) is 26.2 Å². The number of carbonyl (C=O) groups is 2. The van der Waals surface area contributed by atoms with Gasteiger partial charge in [0.25, 0.3) is 0 Å². The Hall–Kier alpha value is -1.30. The Kier molecular flexibility index (Phi) is 7.65. The molecule has 1 aliphatic heterocycles. The lowest BCUT2D eigenvalue weighted by Crippen LogP contribution is -2.36. The highest BCUT2D eigenvalue weighted by Crippen LogP contribution is 2.21. The van der Waals surface area contributed by atoms with E-state index in [-0.39, 0.29) is 12.5 Å². The number of carboxylic acid groups (broad SMARTS) is 1. The van der Waals surface area contributed by atoms with Crippen LogP contribution < -0.4 is 5.32 Å². The Morgan fingerprint density at radius 2 is 1.91 bits per heavy atom. The molecule has 0 aromatic heterocycles. The van der Waals surface area contributed by atoms with Gasteiger partial charge in [-0.25, -0.2) is 4.79 Å². The maximum Gasteiger partial charge on any atom is 0.407 e. The number of hydrogen-bond donors (Lipinski definition) is 2. The number of ether oxygens (including phenoxy) is 1. The van der Waals surface area contributed by atoms with Crippen LogP contribution in [0.2, 0.25) is 0 Å². The number of likely N-dealkylation sites (tertiary alicyclic amines) is 1. The molecule has 1 saturated heterocycles.